The highest BCUT2D eigenvalue weighted by atomic mass is 19.1. The molecule has 8 heteroatoms. The first kappa shape index (κ1) is 19.8. The molecule has 1 atom stereocenters. The van der Waals surface area contributed by atoms with Crippen molar-refractivity contribution in [1.29, 1.82) is 0 Å². The number of nitrogens with one attached hydrogen (secondary N) is 2. The van der Waals surface area contributed by atoms with Crippen molar-refractivity contribution < 1.29 is 9.13 Å². The Hall–Kier alpha value is -2.48. The van der Waals surface area contributed by atoms with Gasteiger partial charge in [-0.25, -0.2) is 4.39 Å². The van der Waals surface area contributed by atoms with E-state index in [4.69, 9.17) is 4.74 Å². The van der Waals surface area contributed by atoms with E-state index >= 15 is 0 Å². The molecule has 0 aliphatic carbocycles. The zero-order valence-corrected chi connectivity index (χ0v) is 16.0. The average Bonchev–Trinajstić information content (AvgIpc) is 2.61. The third kappa shape index (κ3) is 5.26. The third-order valence-electron chi connectivity index (χ3n) is 4.15. The summed E-state index contributed by atoms with van der Waals surface area (Å²) in [6.45, 7) is 10.9. The van der Waals surface area contributed by atoms with Crippen molar-refractivity contribution >= 4 is 17.6 Å². The molecule has 142 valence electrons. The third-order valence-corrected chi connectivity index (χ3v) is 4.15. The second-order valence-corrected chi connectivity index (χ2v) is 5.96. The molecule has 2 aromatic rings. The molecule has 0 spiro atoms. The Bertz CT molecular complexity index is 723. The lowest BCUT2D eigenvalue weighted by molar-refractivity contribution is 0.240. The fraction of sp³-hybridized carbons (Fsp3) is 0.500. The summed E-state index contributed by atoms with van der Waals surface area (Å²) in [6.07, 6.45) is 0. The molecule has 7 nitrogen and oxygen atoms in total. The van der Waals surface area contributed by atoms with E-state index in [1.165, 1.54) is 13.2 Å². The number of methoxy groups -OCH3 is 1. The van der Waals surface area contributed by atoms with E-state index in [1.54, 1.807) is 19.1 Å². The van der Waals surface area contributed by atoms with Crippen LogP contribution in [0.15, 0.2) is 18.2 Å². The van der Waals surface area contributed by atoms with Gasteiger partial charge in [0.1, 0.15) is 5.82 Å². The van der Waals surface area contributed by atoms with Gasteiger partial charge in [-0.1, -0.05) is 13.8 Å². The molecule has 0 aliphatic heterocycles. The fourth-order valence-corrected chi connectivity index (χ4v) is 2.71. The van der Waals surface area contributed by atoms with Gasteiger partial charge in [0.2, 0.25) is 11.9 Å². The van der Waals surface area contributed by atoms with Crippen molar-refractivity contribution in [3.63, 3.8) is 0 Å². The minimum Gasteiger partial charge on any atom is -0.494 e. The highest BCUT2D eigenvalue weighted by Gasteiger charge is 2.11. The molecule has 0 saturated heterocycles. The van der Waals surface area contributed by atoms with Gasteiger partial charge in [0.25, 0.3) is 0 Å². The first-order chi connectivity index (χ1) is 12.5. The molecular weight excluding hydrogens is 335 g/mol. The van der Waals surface area contributed by atoms with Gasteiger partial charge in [0, 0.05) is 24.3 Å². The summed E-state index contributed by atoms with van der Waals surface area (Å²) < 4.78 is 18.8. The number of rotatable bonds is 9. The lowest BCUT2D eigenvalue weighted by Gasteiger charge is -2.26. The topological polar surface area (TPSA) is 75.2 Å². The summed E-state index contributed by atoms with van der Waals surface area (Å²) in [5.74, 6) is 1.17. The van der Waals surface area contributed by atoms with Crippen molar-refractivity contribution in [3.8, 4) is 5.75 Å². The van der Waals surface area contributed by atoms with E-state index in [-0.39, 0.29) is 5.75 Å². The quantitative estimate of drug-likeness (QED) is 0.709. The Balaban J connectivity index is 2.08. The second kappa shape index (κ2) is 9.28. The standard InChI is InChI=1S/C18H27FN6O/c1-6-25(7-2)12(3)11-20-17-21-13(4)22-18(24-17)23-14-8-9-16(26-5)15(19)10-14/h8-10,12H,6-7,11H2,1-5H3,(H2,20,21,22,23,24). The summed E-state index contributed by atoms with van der Waals surface area (Å²) in [5.41, 5.74) is 0.538. The summed E-state index contributed by atoms with van der Waals surface area (Å²) >= 11 is 0. The largest absolute Gasteiger partial charge is 0.494 e. The van der Waals surface area contributed by atoms with Gasteiger partial charge in [-0.3, -0.25) is 4.90 Å². The molecule has 26 heavy (non-hydrogen) atoms. The summed E-state index contributed by atoms with van der Waals surface area (Å²) in [7, 11) is 1.43. The van der Waals surface area contributed by atoms with Crippen LogP contribution in [0.25, 0.3) is 0 Å². The van der Waals surface area contributed by atoms with Crippen LogP contribution in [0.4, 0.5) is 22.0 Å². The van der Waals surface area contributed by atoms with Gasteiger partial charge in [-0.2, -0.15) is 15.0 Å². The first-order valence-corrected chi connectivity index (χ1v) is 8.78. The second-order valence-electron chi connectivity index (χ2n) is 5.96. The number of benzene rings is 1. The van der Waals surface area contributed by atoms with Gasteiger partial charge >= 0.3 is 0 Å². The maximum absolute atomic E-state index is 13.8. The number of hydrogen-bond donors (Lipinski definition) is 2. The maximum Gasteiger partial charge on any atom is 0.232 e. The minimum atomic E-state index is -0.449. The molecule has 0 fully saturated rings. The van der Waals surface area contributed by atoms with Gasteiger partial charge in [0.15, 0.2) is 11.6 Å². The van der Waals surface area contributed by atoms with Crippen LogP contribution < -0.4 is 15.4 Å². The van der Waals surface area contributed by atoms with E-state index in [9.17, 15) is 4.39 Å². The average molecular weight is 362 g/mol. The Labute approximate surface area is 154 Å². The van der Waals surface area contributed by atoms with Crippen LogP contribution in [0.3, 0.4) is 0 Å². The van der Waals surface area contributed by atoms with Crippen molar-refractivity contribution in [2.24, 2.45) is 0 Å². The molecule has 1 aromatic carbocycles. The van der Waals surface area contributed by atoms with Gasteiger partial charge in [0.05, 0.1) is 7.11 Å². The van der Waals surface area contributed by atoms with E-state index < -0.39 is 5.82 Å². The van der Waals surface area contributed by atoms with E-state index in [0.29, 0.717) is 29.5 Å². The lowest BCUT2D eigenvalue weighted by Crippen LogP contribution is -2.37. The zero-order chi connectivity index (χ0) is 19.1. The molecule has 0 radical (unpaired) electrons. The fourth-order valence-electron chi connectivity index (χ4n) is 2.71. The number of nitrogens with zero attached hydrogens (tertiary/aromatic N) is 4. The van der Waals surface area contributed by atoms with E-state index in [1.807, 2.05) is 0 Å². The lowest BCUT2D eigenvalue weighted by atomic mass is 10.3. The van der Waals surface area contributed by atoms with Crippen LogP contribution in [-0.4, -0.2) is 52.6 Å². The molecule has 0 amide bonds. The maximum atomic E-state index is 13.8. The molecule has 1 heterocycles. The van der Waals surface area contributed by atoms with E-state index in [0.717, 1.165) is 19.6 Å². The Kier molecular flexibility index (Phi) is 7.08. The number of aromatic nitrogens is 3. The van der Waals surface area contributed by atoms with Gasteiger partial charge < -0.3 is 15.4 Å². The van der Waals surface area contributed by atoms with Crippen molar-refractivity contribution in [1.82, 2.24) is 19.9 Å². The number of halogens is 1. The summed E-state index contributed by atoms with van der Waals surface area (Å²) in [5, 5.41) is 6.25. The van der Waals surface area contributed by atoms with Crippen molar-refractivity contribution in [3.05, 3.63) is 29.8 Å². The molecular formula is C18H27FN6O. The predicted molar refractivity (Wildman–Crippen MR) is 102 cm³/mol. The normalized spacial score (nSPS) is 12.1. The van der Waals surface area contributed by atoms with Crippen molar-refractivity contribution in [2.75, 3.05) is 37.4 Å². The first-order valence-electron chi connectivity index (χ1n) is 8.78. The molecule has 0 saturated carbocycles. The van der Waals surface area contributed by atoms with Crippen LogP contribution >= 0.6 is 0 Å². The number of hydrogen-bond acceptors (Lipinski definition) is 7. The van der Waals surface area contributed by atoms with Gasteiger partial charge in [-0.15, -0.1) is 0 Å². The Morgan fingerprint density at radius 3 is 2.46 bits per heavy atom. The molecule has 0 aliphatic rings. The van der Waals surface area contributed by atoms with Crippen LogP contribution in [0.1, 0.15) is 26.6 Å². The predicted octanol–water partition coefficient (Wildman–Crippen LogP) is 3.21. The van der Waals surface area contributed by atoms with E-state index in [2.05, 4.69) is 51.3 Å². The Morgan fingerprint density at radius 2 is 1.85 bits per heavy atom. The molecule has 1 aromatic heterocycles. The SMILES string of the molecule is CCN(CC)C(C)CNc1nc(C)nc(Nc2ccc(OC)c(F)c2)n1. The molecule has 1 unspecified atom stereocenters. The van der Waals surface area contributed by atoms with Crippen LogP contribution in [-0.2, 0) is 0 Å². The summed E-state index contributed by atoms with van der Waals surface area (Å²) in [6, 6.07) is 4.95. The highest BCUT2D eigenvalue weighted by Crippen LogP contribution is 2.22. The minimum absolute atomic E-state index is 0.190. The van der Waals surface area contributed by atoms with Crippen LogP contribution in [0.5, 0.6) is 5.75 Å². The Morgan fingerprint density at radius 1 is 1.15 bits per heavy atom. The smallest absolute Gasteiger partial charge is 0.232 e. The number of aryl methyl sites for hydroxylation is 1. The number of likely N-dealkylation sites (N-methyl/N-ethyl adjacent to an activating group) is 1. The molecule has 2 rings (SSSR count). The number of anilines is 3. The molecule has 0 bridgehead atoms. The van der Waals surface area contributed by atoms with Crippen molar-refractivity contribution in [2.45, 2.75) is 33.7 Å². The molecule has 2 N–H and O–H groups in total. The monoisotopic (exact) mass is 362 g/mol. The van der Waals surface area contributed by atoms with Crippen LogP contribution in [0, 0.1) is 12.7 Å². The van der Waals surface area contributed by atoms with Crippen LogP contribution in [0.2, 0.25) is 0 Å². The summed E-state index contributed by atoms with van der Waals surface area (Å²) in [4.78, 5) is 15.3. The number of ether oxygens (including phenoxy) is 1. The zero-order valence-electron chi connectivity index (χ0n) is 16.0. The highest BCUT2D eigenvalue weighted by molar-refractivity contribution is 5.55. The van der Waals surface area contributed by atoms with Gasteiger partial charge in [-0.05, 0) is 39.1 Å².